The van der Waals surface area contributed by atoms with Gasteiger partial charge in [-0.15, -0.1) is 0 Å². The van der Waals surface area contributed by atoms with Crippen molar-refractivity contribution in [1.29, 1.82) is 0 Å². The maximum Gasteiger partial charge on any atom is 2.00 e. The number of hydrogen-bond acceptors (Lipinski definition) is 2. The van der Waals surface area contributed by atoms with Gasteiger partial charge in [0.05, 0.1) is 0 Å². The second kappa shape index (κ2) is 11.0. The Morgan fingerprint density at radius 3 is 1.58 bits per heavy atom. The minimum absolute atomic E-state index is 0. The van der Waals surface area contributed by atoms with Gasteiger partial charge in [0.25, 0.3) is 0 Å². The molecule has 0 atom stereocenters. The normalized spacial score (nSPS) is 8.00. The summed E-state index contributed by atoms with van der Waals surface area (Å²) in [6.45, 7) is 0.924. The molecule has 7 heteroatoms. The van der Waals surface area contributed by atoms with Crippen molar-refractivity contribution in [2.75, 3.05) is 0 Å². The van der Waals surface area contributed by atoms with Crippen LogP contribution in [-0.4, -0.2) is 0 Å². The van der Waals surface area contributed by atoms with Gasteiger partial charge in [-0.2, -0.15) is 35.4 Å². The van der Waals surface area contributed by atoms with Gasteiger partial charge in [-0.3, -0.25) is 0 Å². The van der Waals surface area contributed by atoms with Crippen LogP contribution in [0.1, 0.15) is 11.1 Å². The van der Waals surface area contributed by atoms with E-state index >= 15 is 0 Å². The van der Waals surface area contributed by atoms with Crippen LogP contribution < -0.4 is 0 Å². The molecule has 0 amide bonds. The Labute approximate surface area is 121 Å². The molecule has 0 saturated carbocycles. The molecule has 6 nitrogen and oxygen atoms in total. The zero-order chi connectivity index (χ0) is 13.1. The summed E-state index contributed by atoms with van der Waals surface area (Å²) >= 11 is 0. The monoisotopic (exact) mass is 296 g/mol. The molecule has 0 radical (unpaired) electrons. The largest absolute Gasteiger partial charge is 2.00 e. The summed E-state index contributed by atoms with van der Waals surface area (Å²) in [5.74, 6) is 0. The molecular weight excluding hydrogens is 284 g/mol. The quantitative estimate of drug-likeness (QED) is 0.262. The molecule has 0 unspecified atom stereocenters. The smallest absolute Gasteiger partial charge is 0.213 e. The Morgan fingerprint density at radius 1 is 0.895 bits per heavy atom. The maximum absolute atomic E-state index is 7.92. The zero-order valence-electron chi connectivity index (χ0n) is 10.1. The number of azide groups is 2. The van der Waals surface area contributed by atoms with E-state index in [0.29, 0.717) is 13.1 Å². The summed E-state index contributed by atoms with van der Waals surface area (Å²) in [6.07, 6.45) is 0. The Bertz CT molecular complexity index is 468. The van der Waals surface area contributed by atoms with E-state index in [1.165, 1.54) is 0 Å². The average Bonchev–Trinajstić information content (AvgIpc) is 3.07. The van der Waals surface area contributed by atoms with Crippen molar-refractivity contribution in [3.63, 3.8) is 0 Å². The molecule has 0 spiro atoms. The first-order valence-electron chi connectivity index (χ1n) is 5.29. The van der Waals surface area contributed by atoms with E-state index in [-0.39, 0.29) is 17.1 Å². The Balaban J connectivity index is 0.000000324. The molecule has 0 bridgehead atoms. The summed E-state index contributed by atoms with van der Waals surface area (Å²) in [5, 5.41) is 6.79. The molecule has 2 aromatic carbocycles. The van der Waals surface area contributed by atoms with E-state index in [1.807, 2.05) is 48.5 Å². The van der Waals surface area contributed by atoms with Gasteiger partial charge < -0.3 is 0 Å². The molecule has 0 saturated heterocycles. The van der Waals surface area contributed by atoms with Crippen LogP contribution in [-0.2, 0) is 30.2 Å². The third-order valence-electron chi connectivity index (χ3n) is 2.10. The fourth-order valence-electron chi connectivity index (χ4n) is 1.27. The van der Waals surface area contributed by atoms with E-state index in [9.17, 15) is 0 Å². The topological polar surface area (TPSA) is 97.5 Å². The third kappa shape index (κ3) is 7.71. The van der Waals surface area contributed by atoms with Gasteiger partial charge in [-0.05, 0) is 11.1 Å². The van der Waals surface area contributed by atoms with Gasteiger partial charge in [-0.25, -0.2) is 24.3 Å². The minimum Gasteiger partial charge on any atom is -0.213 e. The minimum atomic E-state index is 0. The molecular formula is C12H12FeN6. The van der Waals surface area contributed by atoms with Gasteiger partial charge in [0.2, 0.25) is 0 Å². The van der Waals surface area contributed by atoms with Crippen molar-refractivity contribution in [2.24, 2.45) is 10.2 Å². The molecule has 0 fully saturated rings. The molecule has 0 aliphatic heterocycles. The Hall–Kier alpha value is -2.16. The maximum atomic E-state index is 7.92. The molecule has 19 heavy (non-hydrogen) atoms. The van der Waals surface area contributed by atoms with Crippen LogP contribution >= 0.6 is 0 Å². The molecule has 2 rings (SSSR count). The second-order valence-corrected chi connectivity index (χ2v) is 3.36. The van der Waals surface area contributed by atoms with Gasteiger partial charge in [0.1, 0.15) is 0 Å². The molecule has 0 N–H and O–H groups in total. The predicted octanol–water partition coefficient (Wildman–Crippen LogP) is 4.43. The first-order chi connectivity index (χ1) is 8.86. The summed E-state index contributed by atoms with van der Waals surface area (Å²) in [6, 6.07) is 15.4. The average molecular weight is 296 g/mol. The standard InChI is InChI=1S/2C6H6N3.Fe/c2*7-9-8-5-6-3-1-2-4-6;/h2*1-4H,5H2;/q2*-1;+2. The third-order valence-corrected chi connectivity index (χ3v) is 2.10. The van der Waals surface area contributed by atoms with E-state index in [1.54, 1.807) is 0 Å². The molecule has 2 aromatic rings. The molecule has 0 aromatic heterocycles. The molecule has 0 aliphatic rings. The van der Waals surface area contributed by atoms with Gasteiger partial charge in [0.15, 0.2) is 0 Å². The number of nitrogens with zero attached hydrogens (tertiary/aromatic N) is 6. The first kappa shape index (κ1) is 16.8. The van der Waals surface area contributed by atoms with Crippen LogP contribution in [0.2, 0.25) is 0 Å². The summed E-state index contributed by atoms with van der Waals surface area (Å²) in [4.78, 5) is 5.27. The van der Waals surface area contributed by atoms with Crippen LogP contribution in [0.25, 0.3) is 20.9 Å². The molecule has 98 valence electrons. The SMILES string of the molecule is [Fe+2].[N-]=[N+]=NCc1ccc[cH-]1.[N-]=[N+]=NCc1ccc[cH-]1. The first-order valence-corrected chi connectivity index (χ1v) is 5.29. The van der Waals surface area contributed by atoms with E-state index in [0.717, 1.165) is 11.1 Å². The molecule has 0 heterocycles. The van der Waals surface area contributed by atoms with Crippen LogP contribution in [0.3, 0.4) is 0 Å². The summed E-state index contributed by atoms with van der Waals surface area (Å²) in [7, 11) is 0. The predicted molar refractivity (Wildman–Crippen MR) is 69.8 cm³/mol. The zero-order valence-corrected chi connectivity index (χ0v) is 11.2. The number of rotatable bonds is 4. The number of hydrogen-bond donors (Lipinski definition) is 0. The fraction of sp³-hybridized carbons (Fsp3) is 0.167. The van der Waals surface area contributed by atoms with E-state index in [4.69, 9.17) is 11.1 Å². The van der Waals surface area contributed by atoms with Crippen LogP contribution in [0.15, 0.2) is 58.8 Å². The van der Waals surface area contributed by atoms with Gasteiger partial charge >= 0.3 is 17.1 Å². The van der Waals surface area contributed by atoms with Crippen molar-refractivity contribution < 1.29 is 17.1 Å². The van der Waals surface area contributed by atoms with Crippen molar-refractivity contribution >= 4 is 0 Å². The van der Waals surface area contributed by atoms with Gasteiger partial charge in [-0.1, -0.05) is 10.2 Å². The van der Waals surface area contributed by atoms with Crippen molar-refractivity contribution in [1.82, 2.24) is 0 Å². The van der Waals surface area contributed by atoms with Crippen LogP contribution in [0.4, 0.5) is 0 Å². The summed E-state index contributed by atoms with van der Waals surface area (Å²) < 4.78 is 0. The summed E-state index contributed by atoms with van der Waals surface area (Å²) in [5.41, 5.74) is 18.0. The van der Waals surface area contributed by atoms with Crippen LogP contribution in [0, 0.1) is 0 Å². The fourth-order valence-corrected chi connectivity index (χ4v) is 1.27. The van der Waals surface area contributed by atoms with Gasteiger partial charge in [0, 0.05) is 22.9 Å². The van der Waals surface area contributed by atoms with Crippen molar-refractivity contribution in [3.8, 4) is 0 Å². The van der Waals surface area contributed by atoms with E-state index in [2.05, 4.69) is 20.1 Å². The van der Waals surface area contributed by atoms with Crippen LogP contribution in [0.5, 0.6) is 0 Å². The Morgan fingerprint density at radius 2 is 1.32 bits per heavy atom. The van der Waals surface area contributed by atoms with E-state index < -0.39 is 0 Å². The second-order valence-electron chi connectivity index (χ2n) is 3.36. The molecule has 0 aliphatic carbocycles. The van der Waals surface area contributed by atoms with Crippen molar-refractivity contribution in [3.05, 3.63) is 80.5 Å². The van der Waals surface area contributed by atoms with Crippen molar-refractivity contribution in [2.45, 2.75) is 13.1 Å². The Kier molecular flexibility index (Phi) is 9.71.